The van der Waals surface area contributed by atoms with E-state index in [0.29, 0.717) is 25.2 Å². The second kappa shape index (κ2) is 10.4. The zero-order valence-electron chi connectivity index (χ0n) is 15.4. The predicted molar refractivity (Wildman–Crippen MR) is 106 cm³/mol. The van der Waals surface area contributed by atoms with Crippen molar-refractivity contribution in [2.45, 2.75) is 24.2 Å². The van der Waals surface area contributed by atoms with Crippen LogP contribution < -0.4 is 5.32 Å². The van der Waals surface area contributed by atoms with Crippen LogP contribution in [0.3, 0.4) is 0 Å². The van der Waals surface area contributed by atoms with Crippen molar-refractivity contribution in [3.8, 4) is 0 Å². The molecule has 3 rings (SSSR count). The molecule has 27 heavy (non-hydrogen) atoms. The number of amides is 1. The highest BCUT2D eigenvalue weighted by atomic mass is 35.5. The minimum Gasteiger partial charge on any atom is -0.379 e. The normalized spacial score (nSPS) is 19.3. The van der Waals surface area contributed by atoms with Crippen molar-refractivity contribution < 1.29 is 17.9 Å². The molecule has 2 saturated heterocycles. The fourth-order valence-corrected chi connectivity index (χ4v) is 4.87. The third kappa shape index (κ3) is 5.89. The molecule has 9 heteroatoms. The molecule has 2 aliphatic rings. The van der Waals surface area contributed by atoms with Gasteiger partial charge in [-0.25, -0.2) is 8.42 Å². The first-order valence-corrected chi connectivity index (χ1v) is 10.7. The van der Waals surface area contributed by atoms with Crippen LogP contribution in [0, 0.1) is 0 Å². The minimum atomic E-state index is -3.52. The lowest BCUT2D eigenvalue weighted by Crippen LogP contribution is -2.41. The number of morpholine rings is 1. The summed E-state index contributed by atoms with van der Waals surface area (Å²) in [5.74, 6) is -0.242. The molecular weight excluding hydrogens is 390 g/mol. The number of ether oxygens (including phenoxy) is 1. The predicted octanol–water partition coefficient (Wildman–Crippen LogP) is 1.34. The summed E-state index contributed by atoms with van der Waals surface area (Å²) in [6.07, 6.45) is 2.85. The van der Waals surface area contributed by atoms with Gasteiger partial charge >= 0.3 is 0 Å². The zero-order chi connectivity index (χ0) is 18.4. The third-order valence-electron chi connectivity index (χ3n) is 4.87. The average Bonchev–Trinajstić information content (AvgIpc) is 2.69. The van der Waals surface area contributed by atoms with Crippen LogP contribution >= 0.6 is 12.4 Å². The lowest BCUT2D eigenvalue weighted by Gasteiger charge is -2.26. The van der Waals surface area contributed by atoms with Gasteiger partial charge in [-0.05, 0) is 31.0 Å². The zero-order valence-corrected chi connectivity index (χ0v) is 17.1. The van der Waals surface area contributed by atoms with Crippen LogP contribution in [0.2, 0.25) is 0 Å². The van der Waals surface area contributed by atoms with Gasteiger partial charge in [-0.15, -0.1) is 12.4 Å². The molecular formula is C18H28ClN3O4S. The second-order valence-corrected chi connectivity index (χ2v) is 8.64. The summed E-state index contributed by atoms with van der Waals surface area (Å²) in [5, 5.41) is 2.87. The highest BCUT2D eigenvalue weighted by Gasteiger charge is 2.26. The number of hydrogen-bond acceptors (Lipinski definition) is 5. The molecule has 1 N–H and O–H groups in total. The van der Waals surface area contributed by atoms with Gasteiger partial charge in [0.1, 0.15) is 0 Å². The number of halogens is 1. The Hall–Kier alpha value is -1.19. The molecule has 0 aromatic heterocycles. The fraction of sp³-hybridized carbons (Fsp3) is 0.611. The molecule has 0 spiro atoms. The quantitative estimate of drug-likeness (QED) is 0.755. The molecule has 1 aromatic carbocycles. The van der Waals surface area contributed by atoms with Gasteiger partial charge in [0.05, 0.1) is 18.1 Å². The Bertz CT molecular complexity index is 717. The number of nitrogens with one attached hydrogen (secondary N) is 1. The number of sulfonamides is 1. The van der Waals surface area contributed by atoms with Crippen LogP contribution in [-0.2, 0) is 14.8 Å². The smallest absolute Gasteiger partial charge is 0.251 e. The summed E-state index contributed by atoms with van der Waals surface area (Å²) in [4.78, 5) is 14.8. The molecule has 0 aliphatic carbocycles. The van der Waals surface area contributed by atoms with Crippen molar-refractivity contribution in [3.05, 3.63) is 29.8 Å². The molecule has 2 fully saturated rings. The Kier molecular flexibility index (Phi) is 8.50. The lowest BCUT2D eigenvalue weighted by atomic mass is 10.2. The van der Waals surface area contributed by atoms with Crippen LogP contribution in [0.15, 0.2) is 29.2 Å². The molecule has 0 radical (unpaired) electrons. The number of rotatable bonds is 6. The summed E-state index contributed by atoms with van der Waals surface area (Å²) in [6.45, 7) is 5.60. The van der Waals surface area contributed by atoms with E-state index in [2.05, 4.69) is 10.2 Å². The number of nitrogens with zero attached hydrogens (tertiary/aromatic N) is 2. The van der Waals surface area contributed by atoms with Gasteiger partial charge in [0.25, 0.3) is 5.91 Å². The van der Waals surface area contributed by atoms with Crippen molar-refractivity contribution in [2.24, 2.45) is 0 Å². The number of carbonyl (C=O) groups is 1. The molecule has 152 valence electrons. The Morgan fingerprint density at radius 2 is 1.78 bits per heavy atom. The monoisotopic (exact) mass is 417 g/mol. The van der Waals surface area contributed by atoms with Crippen molar-refractivity contribution >= 4 is 28.3 Å². The van der Waals surface area contributed by atoms with E-state index in [1.54, 1.807) is 18.2 Å². The van der Waals surface area contributed by atoms with Gasteiger partial charge in [-0.3, -0.25) is 9.69 Å². The first-order valence-electron chi connectivity index (χ1n) is 9.26. The Balaban J connectivity index is 0.00000261. The molecule has 2 heterocycles. The molecule has 0 saturated carbocycles. The van der Waals surface area contributed by atoms with Crippen LogP contribution in [0.1, 0.15) is 29.6 Å². The van der Waals surface area contributed by atoms with Gasteiger partial charge in [0.2, 0.25) is 10.0 Å². The third-order valence-corrected chi connectivity index (χ3v) is 6.76. The van der Waals surface area contributed by atoms with Gasteiger partial charge in [0, 0.05) is 44.8 Å². The highest BCUT2D eigenvalue weighted by Crippen LogP contribution is 2.21. The van der Waals surface area contributed by atoms with E-state index in [0.717, 1.165) is 52.1 Å². The summed E-state index contributed by atoms with van der Waals surface area (Å²) in [7, 11) is -3.52. The first kappa shape index (κ1) is 22.1. The van der Waals surface area contributed by atoms with Crippen LogP contribution in [0.4, 0.5) is 0 Å². The van der Waals surface area contributed by atoms with Gasteiger partial charge < -0.3 is 10.1 Å². The summed E-state index contributed by atoms with van der Waals surface area (Å²) < 4.78 is 32.3. The van der Waals surface area contributed by atoms with E-state index < -0.39 is 10.0 Å². The average molecular weight is 418 g/mol. The van der Waals surface area contributed by atoms with Crippen molar-refractivity contribution in [3.63, 3.8) is 0 Å². The van der Waals surface area contributed by atoms with E-state index in [4.69, 9.17) is 4.74 Å². The Morgan fingerprint density at radius 3 is 2.48 bits per heavy atom. The highest BCUT2D eigenvalue weighted by molar-refractivity contribution is 7.89. The van der Waals surface area contributed by atoms with Crippen LogP contribution in [-0.4, -0.2) is 76.0 Å². The van der Waals surface area contributed by atoms with Gasteiger partial charge in [0.15, 0.2) is 0 Å². The van der Waals surface area contributed by atoms with Gasteiger partial charge in [-0.1, -0.05) is 12.5 Å². The first-order chi connectivity index (χ1) is 12.6. The van der Waals surface area contributed by atoms with E-state index in [9.17, 15) is 13.2 Å². The van der Waals surface area contributed by atoms with Crippen LogP contribution in [0.25, 0.3) is 0 Å². The maximum atomic E-state index is 12.8. The Labute approximate surface area is 167 Å². The van der Waals surface area contributed by atoms with E-state index in [1.807, 2.05) is 0 Å². The SMILES string of the molecule is Cl.O=C(NCCN1CCOCC1)c1cccc(S(=O)(=O)N2CCCCC2)c1. The topological polar surface area (TPSA) is 79.0 Å². The molecule has 2 aliphatic heterocycles. The Morgan fingerprint density at radius 1 is 1.07 bits per heavy atom. The number of hydrogen-bond donors (Lipinski definition) is 1. The second-order valence-electron chi connectivity index (χ2n) is 6.70. The fourth-order valence-electron chi connectivity index (χ4n) is 3.31. The van der Waals surface area contributed by atoms with E-state index in [1.165, 1.54) is 10.4 Å². The summed E-state index contributed by atoms with van der Waals surface area (Å²) >= 11 is 0. The molecule has 1 aromatic rings. The van der Waals surface area contributed by atoms with Crippen molar-refractivity contribution in [2.75, 3.05) is 52.5 Å². The standard InChI is InChI=1S/C18H27N3O4S.ClH/c22-18(19-7-10-20-11-13-25-14-12-20)16-5-4-6-17(15-16)26(23,24)21-8-2-1-3-9-21;/h4-6,15H,1-3,7-14H2,(H,19,22);1H. The number of benzene rings is 1. The number of piperidine rings is 1. The molecule has 7 nitrogen and oxygen atoms in total. The maximum Gasteiger partial charge on any atom is 0.251 e. The largest absolute Gasteiger partial charge is 0.379 e. The van der Waals surface area contributed by atoms with E-state index >= 15 is 0 Å². The van der Waals surface area contributed by atoms with E-state index in [-0.39, 0.29) is 23.2 Å². The summed E-state index contributed by atoms with van der Waals surface area (Å²) in [5.41, 5.74) is 0.380. The molecule has 0 bridgehead atoms. The summed E-state index contributed by atoms with van der Waals surface area (Å²) in [6, 6.07) is 6.33. The van der Waals surface area contributed by atoms with Crippen LogP contribution in [0.5, 0.6) is 0 Å². The lowest BCUT2D eigenvalue weighted by molar-refractivity contribution is 0.0383. The molecule has 0 unspecified atom stereocenters. The van der Waals surface area contributed by atoms with Crippen molar-refractivity contribution in [1.29, 1.82) is 0 Å². The number of carbonyl (C=O) groups excluding carboxylic acids is 1. The molecule has 0 atom stereocenters. The minimum absolute atomic E-state index is 0. The van der Waals surface area contributed by atoms with Crippen molar-refractivity contribution in [1.82, 2.24) is 14.5 Å². The van der Waals surface area contributed by atoms with Gasteiger partial charge in [-0.2, -0.15) is 4.31 Å². The molecule has 1 amide bonds. The maximum absolute atomic E-state index is 12.8.